The molecule has 1 aliphatic heterocycles. The van der Waals surface area contributed by atoms with Crippen molar-refractivity contribution in [1.29, 1.82) is 0 Å². The molecular formula is C16H21N3O4. The highest BCUT2D eigenvalue weighted by Gasteiger charge is 2.20. The number of nitrogens with zero attached hydrogens (tertiary/aromatic N) is 2. The van der Waals surface area contributed by atoms with Crippen molar-refractivity contribution in [2.75, 3.05) is 27.3 Å². The average Bonchev–Trinajstić information content (AvgIpc) is 3.20. The SMILES string of the molecule is COc1ccc2oc(CNC(=O)N(C)CC3CCCO3)nc2c1. The van der Waals surface area contributed by atoms with E-state index in [-0.39, 0.29) is 18.7 Å². The Hall–Kier alpha value is -2.28. The van der Waals surface area contributed by atoms with Gasteiger partial charge in [-0.25, -0.2) is 9.78 Å². The number of oxazole rings is 1. The van der Waals surface area contributed by atoms with Crippen molar-refractivity contribution in [3.63, 3.8) is 0 Å². The number of carbonyl (C=O) groups is 1. The summed E-state index contributed by atoms with van der Waals surface area (Å²) in [4.78, 5) is 18.1. The van der Waals surface area contributed by atoms with Crippen LogP contribution in [0.4, 0.5) is 4.79 Å². The van der Waals surface area contributed by atoms with Crippen LogP contribution in [0.2, 0.25) is 0 Å². The Morgan fingerprint density at radius 2 is 2.39 bits per heavy atom. The van der Waals surface area contributed by atoms with E-state index in [4.69, 9.17) is 13.9 Å². The second-order valence-corrected chi connectivity index (χ2v) is 5.62. The molecular weight excluding hydrogens is 298 g/mol. The lowest BCUT2D eigenvalue weighted by molar-refractivity contribution is 0.0873. The van der Waals surface area contributed by atoms with Gasteiger partial charge in [0.1, 0.15) is 11.3 Å². The summed E-state index contributed by atoms with van der Waals surface area (Å²) in [6.07, 6.45) is 2.21. The van der Waals surface area contributed by atoms with Gasteiger partial charge in [-0.05, 0) is 25.0 Å². The Balaban J connectivity index is 1.55. The predicted octanol–water partition coefficient (Wildman–Crippen LogP) is 2.16. The van der Waals surface area contributed by atoms with Crippen LogP contribution < -0.4 is 10.1 Å². The first kappa shape index (κ1) is 15.6. The zero-order valence-corrected chi connectivity index (χ0v) is 13.4. The maximum atomic E-state index is 12.1. The van der Waals surface area contributed by atoms with E-state index in [0.717, 1.165) is 25.2 Å². The monoisotopic (exact) mass is 319 g/mol. The second kappa shape index (κ2) is 6.87. The summed E-state index contributed by atoms with van der Waals surface area (Å²) in [7, 11) is 3.36. The number of hydrogen-bond donors (Lipinski definition) is 1. The molecule has 0 bridgehead atoms. The van der Waals surface area contributed by atoms with Crippen LogP contribution in [0.5, 0.6) is 5.75 Å². The zero-order chi connectivity index (χ0) is 16.2. The number of fused-ring (bicyclic) bond motifs is 1. The standard InChI is InChI=1S/C16H21N3O4/c1-19(10-12-4-3-7-22-12)16(20)17-9-15-18-13-8-11(21-2)5-6-14(13)23-15/h5-6,8,12H,3-4,7,9-10H2,1-2H3,(H,17,20). The van der Waals surface area contributed by atoms with Crippen molar-refractivity contribution in [1.82, 2.24) is 15.2 Å². The van der Waals surface area contributed by atoms with Crippen molar-refractivity contribution < 1.29 is 18.7 Å². The van der Waals surface area contributed by atoms with Gasteiger partial charge >= 0.3 is 6.03 Å². The highest BCUT2D eigenvalue weighted by atomic mass is 16.5. The summed E-state index contributed by atoms with van der Waals surface area (Å²) in [5.41, 5.74) is 1.38. The summed E-state index contributed by atoms with van der Waals surface area (Å²) < 4.78 is 16.3. The summed E-state index contributed by atoms with van der Waals surface area (Å²) in [6.45, 7) is 1.62. The number of urea groups is 1. The van der Waals surface area contributed by atoms with Crippen molar-refractivity contribution in [2.45, 2.75) is 25.5 Å². The molecule has 1 unspecified atom stereocenters. The topological polar surface area (TPSA) is 76.8 Å². The lowest BCUT2D eigenvalue weighted by atomic mass is 10.2. The van der Waals surface area contributed by atoms with Gasteiger partial charge in [0.05, 0.1) is 19.8 Å². The Morgan fingerprint density at radius 1 is 1.52 bits per heavy atom. The van der Waals surface area contributed by atoms with Gasteiger partial charge in [0.25, 0.3) is 0 Å². The van der Waals surface area contributed by atoms with E-state index in [2.05, 4.69) is 10.3 Å². The number of amides is 2. The maximum absolute atomic E-state index is 12.1. The number of likely N-dealkylation sites (N-methyl/N-ethyl adjacent to an activating group) is 1. The lowest BCUT2D eigenvalue weighted by Crippen LogP contribution is -2.40. The molecule has 2 heterocycles. The highest BCUT2D eigenvalue weighted by Crippen LogP contribution is 2.21. The molecule has 2 amide bonds. The van der Waals surface area contributed by atoms with Crippen LogP contribution >= 0.6 is 0 Å². The number of methoxy groups -OCH3 is 1. The first-order chi connectivity index (χ1) is 11.2. The van der Waals surface area contributed by atoms with Gasteiger partial charge in [-0.1, -0.05) is 0 Å². The summed E-state index contributed by atoms with van der Waals surface area (Å²) in [5, 5.41) is 2.81. The minimum absolute atomic E-state index is 0.141. The van der Waals surface area contributed by atoms with E-state index < -0.39 is 0 Å². The van der Waals surface area contributed by atoms with Gasteiger partial charge in [-0.3, -0.25) is 0 Å². The number of ether oxygens (including phenoxy) is 2. The summed E-state index contributed by atoms with van der Waals surface area (Å²) in [5.74, 6) is 1.19. The maximum Gasteiger partial charge on any atom is 0.317 e. The molecule has 1 aromatic carbocycles. The lowest BCUT2D eigenvalue weighted by Gasteiger charge is -2.20. The fourth-order valence-corrected chi connectivity index (χ4v) is 2.62. The molecule has 1 fully saturated rings. The van der Waals surface area contributed by atoms with Crippen molar-refractivity contribution >= 4 is 17.1 Å². The minimum Gasteiger partial charge on any atom is -0.497 e. The third-order valence-corrected chi connectivity index (χ3v) is 3.88. The second-order valence-electron chi connectivity index (χ2n) is 5.62. The smallest absolute Gasteiger partial charge is 0.317 e. The van der Waals surface area contributed by atoms with Crippen LogP contribution in [0.1, 0.15) is 18.7 Å². The first-order valence-corrected chi connectivity index (χ1v) is 7.70. The van der Waals surface area contributed by atoms with Gasteiger partial charge < -0.3 is 24.1 Å². The van der Waals surface area contributed by atoms with Crippen molar-refractivity contribution in [3.05, 3.63) is 24.1 Å². The highest BCUT2D eigenvalue weighted by molar-refractivity contribution is 5.75. The van der Waals surface area contributed by atoms with Gasteiger partial charge in [0, 0.05) is 26.3 Å². The number of benzene rings is 1. The van der Waals surface area contributed by atoms with Crippen molar-refractivity contribution in [3.8, 4) is 5.75 Å². The average molecular weight is 319 g/mol. The van der Waals surface area contributed by atoms with E-state index in [9.17, 15) is 4.79 Å². The molecule has 0 aliphatic carbocycles. The van der Waals surface area contributed by atoms with Crippen molar-refractivity contribution in [2.24, 2.45) is 0 Å². The van der Waals surface area contributed by atoms with E-state index in [1.807, 2.05) is 6.07 Å². The Labute approximate surface area is 134 Å². The molecule has 1 saturated heterocycles. The Bertz CT molecular complexity index is 679. The van der Waals surface area contributed by atoms with E-state index in [1.54, 1.807) is 31.2 Å². The van der Waals surface area contributed by atoms with E-state index >= 15 is 0 Å². The van der Waals surface area contributed by atoms with Crippen LogP contribution in [-0.4, -0.2) is 49.3 Å². The number of hydrogen-bond acceptors (Lipinski definition) is 5. The quantitative estimate of drug-likeness (QED) is 0.914. The Kier molecular flexibility index (Phi) is 4.66. The first-order valence-electron chi connectivity index (χ1n) is 7.70. The summed E-state index contributed by atoms with van der Waals surface area (Å²) in [6, 6.07) is 5.25. The third-order valence-electron chi connectivity index (χ3n) is 3.88. The number of carbonyl (C=O) groups excluding carboxylic acids is 1. The number of rotatable bonds is 5. The molecule has 3 rings (SSSR count). The van der Waals surface area contributed by atoms with Crippen LogP contribution in [0.25, 0.3) is 11.1 Å². The van der Waals surface area contributed by atoms with Crippen LogP contribution in [-0.2, 0) is 11.3 Å². The van der Waals surface area contributed by atoms with Gasteiger partial charge in [0.2, 0.25) is 5.89 Å². The fourth-order valence-electron chi connectivity index (χ4n) is 2.62. The molecule has 1 atom stereocenters. The van der Waals surface area contributed by atoms with Gasteiger partial charge in [0.15, 0.2) is 5.58 Å². The van der Waals surface area contributed by atoms with Crippen LogP contribution in [0, 0.1) is 0 Å². The normalized spacial score (nSPS) is 17.4. The van der Waals surface area contributed by atoms with Gasteiger partial charge in [-0.15, -0.1) is 0 Å². The molecule has 7 heteroatoms. The molecule has 7 nitrogen and oxygen atoms in total. The molecule has 0 spiro atoms. The molecule has 2 aromatic rings. The van der Waals surface area contributed by atoms with Crippen LogP contribution in [0.3, 0.4) is 0 Å². The molecule has 1 N–H and O–H groups in total. The minimum atomic E-state index is -0.166. The largest absolute Gasteiger partial charge is 0.497 e. The molecule has 0 radical (unpaired) electrons. The third kappa shape index (κ3) is 3.73. The van der Waals surface area contributed by atoms with E-state index in [1.165, 1.54) is 0 Å². The van der Waals surface area contributed by atoms with Gasteiger partial charge in [-0.2, -0.15) is 0 Å². The fraction of sp³-hybridized carbons (Fsp3) is 0.500. The van der Waals surface area contributed by atoms with E-state index in [0.29, 0.717) is 23.5 Å². The predicted molar refractivity (Wildman–Crippen MR) is 84.4 cm³/mol. The Morgan fingerprint density at radius 3 is 3.13 bits per heavy atom. The summed E-state index contributed by atoms with van der Waals surface area (Å²) >= 11 is 0. The zero-order valence-electron chi connectivity index (χ0n) is 13.4. The molecule has 124 valence electrons. The molecule has 1 aromatic heterocycles. The molecule has 1 aliphatic rings. The molecule has 0 saturated carbocycles. The molecule has 23 heavy (non-hydrogen) atoms. The number of aromatic nitrogens is 1. The van der Waals surface area contributed by atoms with Crippen LogP contribution in [0.15, 0.2) is 22.6 Å². The number of nitrogens with one attached hydrogen (secondary N) is 1.